The van der Waals surface area contributed by atoms with Gasteiger partial charge in [-0.1, -0.05) is 0 Å². The first kappa shape index (κ1) is 13.8. The lowest BCUT2D eigenvalue weighted by atomic mass is 10.0. The molecule has 1 nitrogen and oxygen atoms in total. The summed E-state index contributed by atoms with van der Waals surface area (Å²) in [5.41, 5.74) is 0.715. The number of hydrogen-bond acceptors (Lipinski definition) is 1. The molecule has 0 heterocycles. The van der Waals surface area contributed by atoms with Crippen LogP contribution in [-0.4, -0.2) is 0 Å². The van der Waals surface area contributed by atoms with Crippen LogP contribution in [0.2, 0.25) is 0 Å². The van der Waals surface area contributed by atoms with E-state index in [1.807, 2.05) is 0 Å². The quantitative estimate of drug-likeness (QED) is 0.771. The normalized spacial score (nSPS) is 12.9. The number of alkyl halides is 6. The van der Waals surface area contributed by atoms with Crippen molar-refractivity contribution in [1.29, 1.82) is 0 Å². The highest BCUT2D eigenvalue weighted by Gasteiger charge is 2.39. The number of nitrogens with two attached hydrogens (primary N) is 1. The summed E-state index contributed by atoms with van der Waals surface area (Å²) >= 11 is 0. The van der Waals surface area contributed by atoms with Crippen LogP contribution in [0.1, 0.15) is 16.7 Å². The molecule has 0 fully saturated rings. The highest BCUT2D eigenvalue weighted by atomic mass is 19.4. The van der Waals surface area contributed by atoms with Gasteiger partial charge < -0.3 is 5.73 Å². The summed E-state index contributed by atoms with van der Waals surface area (Å²) in [6.07, 6.45) is -10.0. The second kappa shape index (κ2) is 4.17. The van der Waals surface area contributed by atoms with Crippen molar-refractivity contribution >= 4 is 0 Å². The van der Waals surface area contributed by atoms with E-state index in [1.165, 1.54) is 0 Å². The molecule has 0 aliphatic carbocycles. The Labute approximate surface area is 91.0 Å². The van der Waals surface area contributed by atoms with Gasteiger partial charge in [0.25, 0.3) is 0 Å². The third-order valence-corrected chi connectivity index (χ3v) is 2.00. The second-order valence-electron chi connectivity index (χ2n) is 3.19. The predicted molar refractivity (Wildman–Crippen MR) is 44.3 cm³/mol. The van der Waals surface area contributed by atoms with Gasteiger partial charge in [0.2, 0.25) is 0 Å². The highest BCUT2D eigenvalue weighted by molar-refractivity contribution is 5.36. The molecule has 1 aromatic rings. The zero-order valence-electron chi connectivity index (χ0n) is 8.08. The van der Waals surface area contributed by atoms with Gasteiger partial charge in [-0.15, -0.1) is 0 Å². The lowest BCUT2D eigenvalue weighted by Crippen LogP contribution is -2.17. The molecule has 1 rings (SSSR count). The Bertz CT molecular complexity index is 419. The summed E-state index contributed by atoms with van der Waals surface area (Å²) in [6, 6.07) is 0.00782. The third kappa shape index (κ3) is 2.87. The van der Waals surface area contributed by atoms with E-state index in [2.05, 4.69) is 0 Å². The van der Waals surface area contributed by atoms with Crippen LogP contribution in [0.3, 0.4) is 0 Å². The SMILES string of the molecule is NCc1cc(C(F)(F)F)cc(F)c1C(F)(F)F. The first-order valence-corrected chi connectivity index (χ1v) is 4.24. The van der Waals surface area contributed by atoms with Crippen molar-refractivity contribution in [3.63, 3.8) is 0 Å². The molecule has 0 spiro atoms. The number of hydrogen-bond donors (Lipinski definition) is 1. The minimum absolute atomic E-state index is 0.192. The van der Waals surface area contributed by atoms with E-state index >= 15 is 0 Å². The topological polar surface area (TPSA) is 26.0 Å². The Balaban J connectivity index is 3.47. The van der Waals surface area contributed by atoms with Gasteiger partial charge in [-0.2, -0.15) is 26.3 Å². The second-order valence-corrected chi connectivity index (χ2v) is 3.19. The van der Waals surface area contributed by atoms with E-state index in [-0.39, 0.29) is 12.1 Å². The van der Waals surface area contributed by atoms with Crippen LogP contribution in [0.5, 0.6) is 0 Å². The van der Waals surface area contributed by atoms with Gasteiger partial charge in [0.05, 0.1) is 11.1 Å². The lowest BCUT2D eigenvalue weighted by Gasteiger charge is -2.15. The molecular weight excluding hydrogens is 255 g/mol. The van der Waals surface area contributed by atoms with Gasteiger partial charge in [-0.3, -0.25) is 0 Å². The van der Waals surface area contributed by atoms with Crippen molar-refractivity contribution < 1.29 is 30.7 Å². The maximum Gasteiger partial charge on any atom is 0.419 e. The largest absolute Gasteiger partial charge is 0.419 e. The van der Waals surface area contributed by atoms with Gasteiger partial charge in [0, 0.05) is 6.54 Å². The molecule has 0 radical (unpaired) electrons. The smallest absolute Gasteiger partial charge is 0.326 e. The molecule has 0 aromatic heterocycles. The lowest BCUT2D eigenvalue weighted by molar-refractivity contribution is -0.144. The maximum atomic E-state index is 13.0. The molecule has 0 aliphatic heterocycles. The monoisotopic (exact) mass is 261 g/mol. The molecular formula is C9H6F7N. The molecule has 0 saturated heterocycles. The minimum atomic E-state index is -5.08. The highest BCUT2D eigenvalue weighted by Crippen LogP contribution is 2.38. The van der Waals surface area contributed by atoms with Crippen molar-refractivity contribution in [2.75, 3.05) is 0 Å². The number of rotatable bonds is 1. The number of benzene rings is 1. The minimum Gasteiger partial charge on any atom is -0.326 e. The van der Waals surface area contributed by atoms with Crippen LogP contribution in [-0.2, 0) is 18.9 Å². The molecule has 0 saturated carbocycles. The van der Waals surface area contributed by atoms with Crippen LogP contribution in [0.15, 0.2) is 12.1 Å². The molecule has 8 heteroatoms. The fourth-order valence-electron chi connectivity index (χ4n) is 1.31. The zero-order valence-corrected chi connectivity index (χ0v) is 8.08. The molecule has 2 N–H and O–H groups in total. The van der Waals surface area contributed by atoms with Crippen LogP contribution in [0, 0.1) is 5.82 Å². The molecule has 1 aromatic carbocycles. The Morgan fingerprint density at radius 1 is 0.941 bits per heavy atom. The van der Waals surface area contributed by atoms with Crippen molar-refractivity contribution in [3.8, 4) is 0 Å². The summed E-state index contributed by atoms with van der Waals surface area (Å²) in [7, 11) is 0. The fraction of sp³-hybridized carbons (Fsp3) is 0.333. The Morgan fingerprint density at radius 3 is 1.82 bits per heavy atom. The third-order valence-electron chi connectivity index (χ3n) is 2.00. The van der Waals surface area contributed by atoms with E-state index in [1.54, 1.807) is 0 Å². The van der Waals surface area contributed by atoms with Gasteiger partial charge >= 0.3 is 12.4 Å². The van der Waals surface area contributed by atoms with E-state index < -0.39 is 41.4 Å². The van der Waals surface area contributed by atoms with E-state index in [4.69, 9.17) is 5.73 Å². The van der Waals surface area contributed by atoms with Crippen molar-refractivity contribution in [2.24, 2.45) is 5.73 Å². The first-order chi connectivity index (χ1) is 7.57. The van der Waals surface area contributed by atoms with E-state index in [9.17, 15) is 30.7 Å². The molecule has 0 unspecified atom stereocenters. The zero-order chi connectivity index (χ0) is 13.4. The standard InChI is InChI=1S/C9H6F7N/c10-6-2-5(8(11,12)13)1-4(3-17)7(6)9(14,15)16/h1-2H,3,17H2. The molecule has 0 amide bonds. The molecule has 0 atom stereocenters. The Kier molecular flexibility index (Phi) is 3.37. The summed E-state index contributed by atoms with van der Waals surface area (Å²) < 4.78 is 86.8. The van der Waals surface area contributed by atoms with Crippen LogP contribution < -0.4 is 5.73 Å². The van der Waals surface area contributed by atoms with Crippen LogP contribution in [0.4, 0.5) is 30.7 Å². The Morgan fingerprint density at radius 2 is 1.47 bits per heavy atom. The average molecular weight is 261 g/mol. The molecule has 17 heavy (non-hydrogen) atoms. The summed E-state index contributed by atoms with van der Waals surface area (Å²) in [4.78, 5) is 0. The van der Waals surface area contributed by atoms with Crippen LogP contribution in [0.25, 0.3) is 0 Å². The average Bonchev–Trinajstić information content (AvgIpc) is 2.12. The first-order valence-electron chi connectivity index (χ1n) is 4.24. The van der Waals surface area contributed by atoms with E-state index in [0.29, 0.717) is 0 Å². The van der Waals surface area contributed by atoms with Crippen molar-refractivity contribution in [3.05, 3.63) is 34.6 Å². The maximum absolute atomic E-state index is 13.0. The molecule has 96 valence electrons. The fourth-order valence-corrected chi connectivity index (χ4v) is 1.31. The predicted octanol–water partition coefficient (Wildman–Crippen LogP) is 3.32. The summed E-state index contributed by atoms with van der Waals surface area (Å²) in [6.45, 7) is -0.838. The summed E-state index contributed by atoms with van der Waals surface area (Å²) in [5, 5.41) is 0. The molecule has 0 aliphatic rings. The van der Waals surface area contributed by atoms with Gasteiger partial charge in [-0.05, 0) is 17.7 Å². The van der Waals surface area contributed by atoms with Gasteiger partial charge in [0.1, 0.15) is 5.82 Å². The Hall–Kier alpha value is -1.31. The summed E-state index contributed by atoms with van der Waals surface area (Å²) in [5.74, 6) is -1.98. The molecule has 0 bridgehead atoms. The van der Waals surface area contributed by atoms with E-state index in [0.717, 1.165) is 0 Å². The van der Waals surface area contributed by atoms with Crippen molar-refractivity contribution in [1.82, 2.24) is 0 Å². The number of halogens is 7. The van der Waals surface area contributed by atoms with Gasteiger partial charge in [0.15, 0.2) is 0 Å². The van der Waals surface area contributed by atoms with Crippen LogP contribution >= 0.6 is 0 Å². The van der Waals surface area contributed by atoms with Gasteiger partial charge in [-0.25, -0.2) is 4.39 Å². The van der Waals surface area contributed by atoms with Crippen molar-refractivity contribution in [2.45, 2.75) is 18.9 Å².